The quantitative estimate of drug-likeness (QED) is 0.427. The molecule has 1 aliphatic rings. The van der Waals surface area contributed by atoms with Gasteiger partial charge in [-0.25, -0.2) is 9.69 Å². The fraction of sp³-hybridized carbons (Fsp3) is 0.0800. The normalized spacial score (nSPS) is 14.9. The predicted octanol–water partition coefficient (Wildman–Crippen LogP) is 4.59. The topological polar surface area (TPSA) is 84.9 Å². The average molecular weight is 463 g/mol. The standard InChI is InChI=1S/C25H19ClN2O5/c1-32-20-10-8-19(9-11-20)28-24(30)21(23(29)27-25(28)31)14-17-13-18(26)7-12-22(17)33-15-16-5-3-2-4-6-16/h2-14H,15H2,1H3,(H,27,29,31)/b21-14+. The third-order valence-corrected chi connectivity index (χ3v) is 5.18. The number of carbonyl (C=O) groups is 3. The van der Waals surface area contributed by atoms with E-state index < -0.39 is 17.8 Å². The number of nitrogens with zero attached hydrogens (tertiary/aromatic N) is 1. The molecule has 1 heterocycles. The van der Waals surface area contributed by atoms with Gasteiger partial charge in [0.25, 0.3) is 11.8 Å². The molecule has 0 bridgehead atoms. The Morgan fingerprint density at radius 1 is 0.970 bits per heavy atom. The number of barbiturate groups is 1. The molecule has 7 nitrogen and oxygen atoms in total. The zero-order valence-corrected chi connectivity index (χ0v) is 18.3. The van der Waals surface area contributed by atoms with Gasteiger partial charge in [-0.15, -0.1) is 0 Å². The van der Waals surface area contributed by atoms with E-state index in [9.17, 15) is 14.4 Å². The second-order valence-corrected chi connectivity index (χ2v) is 7.55. The van der Waals surface area contributed by atoms with Crippen LogP contribution in [0.1, 0.15) is 11.1 Å². The van der Waals surface area contributed by atoms with E-state index in [0.29, 0.717) is 27.8 Å². The molecule has 0 spiro atoms. The summed E-state index contributed by atoms with van der Waals surface area (Å²) in [5.41, 5.74) is 1.45. The van der Waals surface area contributed by atoms with Gasteiger partial charge in [0.05, 0.1) is 12.8 Å². The zero-order chi connectivity index (χ0) is 23.4. The first-order chi connectivity index (χ1) is 16.0. The van der Waals surface area contributed by atoms with Crippen molar-refractivity contribution in [3.05, 3.63) is 94.5 Å². The number of rotatable bonds is 6. The van der Waals surface area contributed by atoms with Crippen LogP contribution < -0.4 is 19.7 Å². The van der Waals surface area contributed by atoms with E-state index >= 15 is 0 Å². The first-order valence-electron chi connectivity index (χ1n) is 9.98. The number of urea groups is 1. The third-order valence-electron chi connectivity index (χ3n) is 4.94. The number of hydrogen-bond donors (Lipinski definition) is 1. The minimum absolute atomic E-state index is 0.225. The first-order valence-corrected chi connectivity index (χ1v) is 10.4. The summed E-state index contributed by atoms with van der Waals surface area (Å²) in [5.74, 6) is -0.564. The maximum absolute atomic E-state index is 13.2. The number of amides is 4. The molecule has 1 fully saturated rings. The molecule has 1 N–H and O–H groups in total. The van der Waals surface area contributed by atoms with Gasteiger partial charge >= 0.3 is 6.03 Å². The van der Waals surface area contributed by atoms with Crippen LogP contribution in [0.5, 0.6) is 11.5 Å². The van der Waals surface area contributed by atoms with Gasteiger partial charge < -0.3 is 9.47 Å². The highest BCUT2D eigenvalue weighted by Crippen LogP contribution is 2.29. The van der Waals surface area contributed by atoms with Crippen LogP contribution in [0.25, 0.3) is 6.08 Å². The number of carbonyl (C=O) groups excluding carboxylic acids is 3. The predicted molar refractivity (Wildman–Crippen MR) is 124 cm³/mol. The average Bonchev–Trinajstić information content (AvgIpc) is 2.82. The summed E-state index contributed by atoms with van der Waals surface area (Å²) in [4.78, 5) is 39.0. The summed E-state index contributed by atoms with van der Waals surface area (Å²) < 4.78 is 11.0. The Morgan fingerprint density at radius 3 is 2.39 bits per heavy atom. The van der Waals surface area contributed by atoms with Crippen LogP contribution in [0.4, 0.5) is 10.5 Å². The summed E-state index contributed by atoms with van der Waals surface area (Å²) in [6, 6.07) is 20.0. The van der Waals surface area contributed by atoms with Crippen molar-refractivity contribution in [2.75, 3.05) is 12.0 Å². The Hall–Kier alpha value is -4.10. The number of benzene rings is 3. The second-order valence-electron chi connectivity index (χ2n) is 7.11. The van der Waals surface area contributed by atoms with Crippen molar-refractivity contribution in [1.82, 2.24) is 5.32 Å². The summed E-state index contributed by atoms with van der Waals surface area (Å²) in [6.07, 6.45) is 1.37. The van der Waals surface area contributed by atoms with Crippen molar-refractivity contribution in [1.29, 1.82) is 0 Å². The molecule has 0 radical (unpaired) electrons. The molecular formula is C25H19ClN2O5. The molecular weight excluding hydrogens is 444 g/mol. The van der Waals surface area contributed by atoms with Gasteiger partial charge in [0.15, 0.2) is 0 Å². The molecule has 1 aliphatic heterocycles. The SMILES string of the molecule is COc1ccc(N2C(=O)NC(=O)/C(=C\c3cc(Cl)ccc3OCc3ccccc3)C2=O)cc1. The van der Waals surface area contributed by atoms with Crippen molar-refractivity contribution < 1.29 is 23.9 Å². The molecule has 0 atom stereocenters. The Bertz CT molecular complexity index is 1240. The van der Waals surface area contributed by atoms with Crippen LogP contribution in [-0.2, 0) is 16.2 Å². The summed E-state index contributed by atoms with van der Waals surface area (Å²) in [7, 11) is 1.51. The molecule has 0 unspecified atom stereocenters. The van der Waals surface area contributed by atoms with Gasteiger partial charge in [0.1, 0.15) is 23.7 Å². The number of methoxy groups -OCH3 is 1. The highest BCUT2D eigenvalue weighted by atomic mass is 35.5. The molecule has 1 saturated heterocycles. The molecule has 0 saturated carbocycles. The van der Waals surface area contributed by atoms with Crippen molar-refractivity contribution in [2.24, 2.45) is 0 Å². The number of hydrogen-bond acceptors (Lipinski definition) is 5. The second kappa shape index (κ2) is 9.58. The van der Waals surface area contributed by atoms with E-state index in [1.165, 1.54) is 13.2 Å². The van der Waals surface area contributed by atoms with Gasteiger partial charge in [0, 0.05) is 10.6 Å². The molecule has 0 aromatic heterocycles. The number of halogens is 1. The summed E-state index contributed by atoms with van der Waals surface area (Å²) in [5, 5.41) is 2.61. The van der Waals surface area contributed by atoms with Crippen molar-refractivity contribution in [3.63, 3.8) is 0 Å². The third kappa shape index (κ3) is 4.88. The number of imide groups is 2. The lowest BCUT2D eigenvalue weighted by Gasteiger charge is -2.26. The van der Waals surface area contributed by atoms with Crippen LogP contribution in [0.15, 0.2) is 78.4 Å². The van der Waals surface area contributed by atoms with Gasteiger partial charge in [-0.1, -0.05) is 41.9 Å². The number of nitrogens with one attached hydrogen (secondary N) is 1. The highest BCUT2D eigenvalue weighted by Gasteiger charge is 2.37. The Morgan fingerprint density at radius 2 is 1.70 bits per heavy atom. The van der Waals surface area contributed by atoms with Gasteiger partial charge in [-0.05, 0) is 54.1 Å². The van der Waals surface area contributed by atoms with Gasteiger partial charge in [0.2, 0.25) is 0 Å². The summed E-state index contributed by atoms with van der Waals surface area (Å²) >= 11 is 6.15. The number of ether oxygens (including phenoxy) is 2. The van der Waals surface area contributed by atoms with E-state index in [0.717, 1.165) is 10.5 Å². The molecule has 0 aliphatic carbocycles. The molecule has 3 aromatic carbocycles. The van der Waals surface area contributed by atoms with Gasteiger partial charge in [-0.2, -0.15) is 0 Å². The lowest BCUT2D eigenvalue weighted by Crippen LogP contribution is -2.54. The molecule has 4 rings (SSSR count). The Balaban J connectivity index is 1.66. The Kier molecular flexibility index (Phi) is 6.42. The molecule has 33 heavy (non-hydrogen) atoms. The van der Waals surface area contributed by atoms with E-state index in [1.807, 2.05) is 30.3 Å². The minimum Gasteiger partial charge on any atom is -0.497 e. The zero-order valence-electron chi connectivity index (χ0n) is 17.6. The van der Waals surface area contributed by atoms with Gasteiger partial charge in [-0.3, -0.25) is 14.9 Å². The van der Waals surface area contributed by atoms with E-state index in [4.69, 9.17) is 21.1 Å². The first kappa shape index (κ1) is 22.1. The Labute approximate surface area is 195 Å². The van der Waals surface area contributed by atoms with E-state index in [2.05, 4.69) is 5.32 Å². The smallest absolute Gasteiger partial charge is 0.335 e. The molecule has 8 heteroatoms. The van der Waals surface area contributed by atoms with Crippen LogP contribution in [0.3, 0.4) is 0 Å². The fourth-order valence-corrected chi connectivity index (χ4v) is 3.46. The fourth-order valence-electron chi connectivity index (χ4n) is 3.28. The largest absolute Gasteiger partial charge is 0.497 e. The van der Waals surface area contributed by atoms with E-state index in [-0.39, 0.29) is 12.2 Å². The molecule has 4 amide bonds. The van der Waals surface area contributed by atoms with Crippen LogP contribution in [0, 0.1) is 0 Å². The number of anilines is 1. The highest BCUT2D eigenvalue weighted by molar-refractivity contribution is 6.39. The minimum atomic E-state index is -0.834. The lowest BCUT2D eigenvalue weighted by atomic mass is 10.1. The van der Waals surface area contributed by atoms with Crippen molar-refractivity contribution >= 4 is 41.2 Å². The maximum Gasteiger partial charge on any atom is 0.335 e. The van der Waals surface area contributed by atoms with Crippen LogP contribution >= 0.6 is 11.6 Å². The van der Waals surface area contributed by atoms with Crippen molar-refractivity contribution in [2.45, 2.75) is 6.61 Å². The molecule has 3 aromatic rings. The summed E-state index contributed by atoms with van der Waals surface area (Å²) in [6.45, 7) is 0.287. The monoisotopic (exact) mass is 462 g/mol. The van der Waals surface area contributed by atoms with Crippen LogP contribution in [-0.4, -0.2) is 25.0 Å². The van der Waals surface area contributed by atoms with E-state index in [1.54, 1.807) is 42.5 Å². The molecule has 166 valence electrons. The van der Waals surface area contributed by atoms with Crippen LogP contribution in [0.2, 0.25) is 5.02 Å². The van der Waals surface area contributed by atoms with Crippen molar-refractivity contribution in [3.8, 4) is 11.5 Å². The maximum atomic E-state index is 13.2. The lowest BCUT2D eigenvalue weighted by molar-refractivity contribution is -0.122.